The number of thioether (sulfide) groups is 1. The van der Waals surface area contributed by atoms with Crippen LogP contribution in [0, 0.1) is 0 Å². The lowest BCUT2D eigenvalue weighted by Gasteiger charge is -2.49. The molecule has 1 saturated heterocycles. The molecule has 5 N–H and O–H groups in total. The van der Waals surface area contributed by atoms with Gasteiger partial charge in [0.05, 0.1) is 6.26 Å². The number of hydrogen-bond acceptors (Lipinski definition) is 10. The summed E-state index contributed by atoms with van der Waals surface area (Å²) in [5, 5.41) is 16.2. The second-order valence-electron chi connectivity index (χ2n) is 6.45. The average molecular weight is 504 g/mol. The molecular weight excluding hydrogens is 487 g/mol. The van der Waals surface area contributed by atoms with Gasteiger partial charge in [0.1, 0.15) is 30.8 Å². The molecule has 0 saturated carbocycles. The van der Waals surface area contributed by atoms with E-state index in [1.165, 1.54) is 30.6 Å². The second kappa shape index (κ2) is 9.66. The quantitative estimate of drug-likeness (QED) is 0.127. The maximum Gasteiger partial charge on any atom is 0.432 e. The number of carbonyl (C=O) groups excluding carboxylic acids is 3. The first-order valence-corrected chi connectivity index (χ1v) is 11.6. The Bertz CT molecular complexity index is 1080. The summed E-state index contributed by atoms with van der Waals surface area (Å²) in [7, 11) is -3.67. The molecule has 2 aliphatic rings. The van der Waals surface area contributed by atoms with Crippen molar-refractivity contribution in [3.8, 4) is 0 Å². The number of β-lactam (4-membered cyclic amide) rings is 1. The van der Waals surface area contributed by atoms with Gasteiger partial charge in [-0.3, -0.25) is 14.5 Å². The number of rotatable bonds is 8. The van der Waals surface area contributed by atoms with Crippen LogP contribution in [-0.2, 0) is 28.5 Å². The minimum atomic E-state index is -4.89. The van der Waals surface area contributed by atoms with Crippen LogP contribution in [0.25, 0.3) is 0 Å². The molecular formula is C16H17N4O11PS. The third-order valence-corrected chi connectivity index (χ3v) is 6.12. The number of amides is 3. The van der Waals surface area contributed by atoms with Crippen molar-refractivity contribution < 1.29 is 52.6 Å². The van der Waals surface area contributed by atoms with Crippen LogP contribution in [0.5, 0.6) is 0 Å². The minimum absolute atomic E-state index is 0.00282. The van der Waals surface area contributed by atoms with E-state index in [0.717, 1.165) is 16.7 Å². The van der Waals surface area contributed by atoms with Gasteiger partial charge in [-0.15, -0.1) is 11.8 Å². The number of ether oxygens (including phenoxy) is 1. The third kappa shape index (κ3) is 5.36. The van der Waals surface area contributed by atoms with Crippen molar-refractivity contribution in [2.45, 2.75) is 11.4 Å². The second-order valence-corrected chi connectivity index (χ2v) is 8.87. The number of aliphatic carboxylic acids is 1. The van der Waals surface area contributed by atoms with Crippen molar-refractivity contribution in [2.75, 3.05) is 19.5 Å². The molecule has 17 heteroatoms. The van der Waals surface area contributed by atoms with Gasteiger partial charge in [-0.05, 0) is 12.1 Å². The summed E-state index contributed by atoms with van der Waals surface area (Å²) in [5.41, 5.74) is -0.649. The summed E-state index contributed by atoms with van der Waals surface area (Å²) < 4.78 is 20.5. The van der Waals surface area contributed by atoms with Crippen molar-refractivity contribution in [2.24, 2.45) is 5.16 Å². The smallest absolute Gasteiger partial charge is 0.432 e. The summed E-state index contributed by atoms with van der Waals surface area (Å²) in [5.74, 6) is -2.90. The largest absolute Gasteiger partial charge is 0.477 e. The van der Waals surface area contributed by atoms with Crippen molar-refractivity contribution >= 4 is 49.1 Å². The van der Waals surface area contributed by atoms with Crippen LogP contribution in [-0.4, -0.2) is 80.3 Å². The van der Waals surface area contributed by atoms with E-state index in [0.29, 0.717) is 0 Å². The van der Waals surface area contributed by atoms with Crippen LogP contribution < -0.4 is 10.4 Å². The average Bonchev–Trinajstić information content (AvgIpc) is 3.26. The molecule has 0 spiro atoms. The standard InChI is InChI=1S/C16H17N4O11PS/c1-29-18-9(8-3-2-4-30-8)12(21)17-10-13(22)20-11(15(23)24)7(6-33-14(10)20)5-31-16(25)19-32(26,27)28/h2-4,10,14H,5-6H2,1H3,(H,17,21)(H,23,24)(H3,19,25,26,27,28)/b18-9+/t10-,14-/m1/s1. The topological polar surface area (TPSA) is 217 Å². The Morgan fingerprint density at radius 2 is 2.12 bits per heavy atom. The van der Waals surface area contributed by atoms with Gasteiger partial charge in [-0.2, -0.15) is 0 Å². The van der Waals surface area contributed by atoms with Gasteiger partial charge in [-0.25, -0.2) is 19.2 Å². The Morgan fingerprint density at radius 3 is 2.70 bits per heavy atom. The molecule has 0 radical (unpaired) electrons. The Labute approximate surface area is 189 Å². The monoisotopic (exact) mass is 504 g/mol. The number of carboxylic acids is 1. The van der Waals surface area contributed by atoms with Crippen molar-refractivity contribution in [3.05, 3.63) is 35.4 Å². The van der Waals surface area contributed by atoms with E-state index in [9.17, 15) is 28.8 Å². The third-order valence-electron chi connectivity index (χ3n) is 4.30. The molecule has 3 heterocycles. The van der Waals surface area contributed by atoms with Gasteiger partial charge < -0.3 is 34.2 Å². The first-order valence-electron chi connectivity index (χ1n) is 8.90. The maximum atomic E-state index is 12.7. The fraction of sp³-hybridized carbons (Fsp3) is 0.312. The molecule has 33 heavy (non-hydrogen) atoms. The predicted molar refractivity (Wildman–Crippen MR) is 108 cm³/mol. The molecule has 3 rings (SSSR count). The number of furan rings is 1. The van der Waals surface area contributed by atoms with Gasteiger partial charge >= 0.3 is 19.8 Å². The molecule has 1 aromatic heterocycles. The highest BCUT2D eigenvalue weighted by atomic mass is 32.2. The molecule has 0 unspecified atom stereocenters. The van der Waals surface area contributed by atoms with Gasteiger partial charge in [-0.1, -0.05) is 5.16 Å². The molecule has 1 fully saturated rings. The zero-order chi connectivity index (χ0) is 24.3. The van der Waals surface area contributed by atoms with Crippen LogP contribution in [0.1, 0.15) is 5.76 Å². The van der Waals surface area contributed by atoms with Crippen molar-refractivity contribution in [3.63, 3.8) is 0 Å². The molecule has 2 atom stereocenters. The lowest BCUT2D eigenvalue weighted by atomic mass is 10.0. The molecule has 3 amide bonds. The predicted octanol–water partition coefficient (Wildman–Crippen LogP) is -0.812. The Morgan fingerprint density at radius 1 is 1.39 bits per heavy atom. The molecule has 0 aliphatic carbocycles. The van der Waals surface area contributed by atoms with Gasteiger partial charge in [0.25, 0.3) is 11.8 Å². The maximum absolute atomic E-state index is 12.7. The van der Waals surface area contributed by atoms with Crippen LogP contribution in [0.15, 0.2) is 39.2 Å². The number of carboxylic acid groups (broad SMARTS) is 1. The van der Waals surface area contributed by atoms with E-state index in [1.54, 1.807) is 0 Å². The summed E-state index contributed by atoms with van der Waals surface area (Å²) in [6, 6.07) is 1.91. The molecule has 0 aromatic carbocycles. The summed E-state index contributed by atoms with van der Waals surface area (Å²) in [6.07, 6.45) is -0.148. The van der Waals surface area contributed by atoms with Gasteiger partial charge in [0.2, 0.25) is 5.71 Å². The van der Waals surface area contributed by atoms with E-state index in [1.807, 2.05) is 0 Å². The number of nitrogens with zero attached hydrogens (tertiary/aromatic N) is 2. The van der Waals surface area contributed by atoms with E-state index in [-0.39, 0.29) is 22.8 Å². The first-order chi connectivity index (χ1) is 15.5. The van der Waals surface area contributed by atoms with Crippen LogP contribution in [0.3, 0.4) is 0 Å². The number of nitrogens with one attached hydrogen (secondary N) is 2. The van der Waals surface area contributed by atoms with Crippen molar-refractivity contribution in [1.29, 1.82) is 0 Å². The molecule has 15 nitrogen and oxygen atoms in total. The molecule has 178 valence electrons. The Hall–Kier alpha value is -3.33. The minimum Gasteiger partial charge on any atom is -0.477 e. The van der Waals surface area contributed by atoms with Crippen LogP contribution in [0.4, 0.5) is 4.79 Å². The normalized spacial score (nSPS) is 20.5. The number of carbonyl (C=O) groups is 4. The fourth-order valence-electron chi connectivity index (χ4n) is 3.01. The fourth-order valence-corrected chi connectivity index (χ4v) is 4.64. The Kier molecular flexibility index (Phi) is 7.12. The number of hydrogen-bond donors (Lipinski definition) is 5. The number of fused-ring (bicyclic) bond motifs is 1. The summed E-state index contributed by atoms with van der Waals surface area (Å²) in [4.78, 5) is 71.5. The highest BCUT2D eigenvalue weighted by Gasteiger charge is 2.54. The zero-order valence-corrected chi connectivity index (χ0v) is 18.4. The first kappa shape index (κ1) is 24.3. The van der Waals surface area contributed by atoms with E-state index in [2.05, 4.69) is 20.0 Å². The molecule has 1 aromatic rings. The highest BCUT2D eigenvalue weighted by Crippen LogP contribution is 2.40. The SMILES string of the molecule is CO/N=C(/C(=O)N[C@@H]1C(=O)N2C(C(=O)O)=C(COC(=O)NP(=O)(O)O)CS[C@H]12)c1ccco1. The lowest BCUT2D eigenvalue weighted by molar-refractivity contribution is -0.150. The highest BCUT2D eigenvalue weighted by molar-refractivity contribution is 8.00. The van der Waals surface area contributed by atoms with Crippen LogP contribution in [0.2, 0.25) is 0 Å². The van der Waals surface area contributed by atoms with Crippen molar-refractivity contribution in [1.82, 2.24) is 15.3 Å². The molecule has 0 bridgehead atoms. The van der Waals surface area contributed by atoms with Gasteiger partial charge in [0, 0.05) is 11.3 Å². The van der Waals surface area contributed by atoms with E-state index < -0.39 is 55.3 Å². The number of oxime groups is 1. The van der Waals surface area contributed by atoms with E-state index in [4.69, 9.17) is 14.2 Å². The van der Waals surface area contributed by atoms with Crippen LogP contribution >= 0.6 is 19.5 Å². The van der Waals surface area contributed by atoms with E-state index >= 15 is 0 Å². The lowest BCUT2D eigenvalue weighted by Crippen LogP contribution is -2.71. The zero-order valence-electron chi connectivity index (χ0n) is 16.7. The summed E-state index contributed by atoms with van der Waals surface area (Å²) >= 11 is 1.09. The molecule has 2 aliphatic heterocycles. The Balaban J connectivity index is 1.72. The van der Waals surface area contributed by atoms with Gasteiger partial charge in [0.15, 0.2) is 5.76 Å². The summed E-state index contributed by atoms with van der Waals surface area (Å²) in [6.45, 7) is -0.628.